The predicted molar refractivity (Wildman–Crippen MR) is 97.0 cm³/mol. The minimum absolute atomic E-state index is 0.0207. The van der Waals surface area contributed by atoms with Crippen LogP contribution in [0.3, 0.4) is 0 Å². The van der Waals surface area contributed by atoms with E-state index in [0.29, 0.717) is 5.56 Å². The molecule has 0 fully saturated rings. The van der Waals surface area contributed by atoms with Crippen molar-refractivity contribution in [3.63, 3.8) is 0 Å². The van der Waals surface area contributed by atoms with Gasteiger partial charge in [0.1, 0.15) is 5.02 Å². The number of hydrogen-bond acceptors (Lipinski definition) is 7. The number of nitrogens with zero attached hydrogens (tertiary/aromatic N) is 3. The highest BCUT2D eigenvalue weighted by Gasteiger charge is 2.20. The van der Waals surface area contributed by atoms with Crippen LogP contribution < -0.4 is 10.2 Å². The molecule has 10 nitrogen and oxygen atoms in total. The fourth-order valence-corrected chi connectivity index (χ4v) is 2.15. The molecule has 0 spiro atoms. The summed E-state index contributed by atoms with van der Waals surface area (Å²) in [6, 6.07) is 9.67. The van der Waals surface area contributed by atoms with Crippen molar-refractivity contribution in [3.8, 4) is 5.75 Å². The molecule has 2 rings (SSSR count). The number of nitro benzene ring substituents is 2. The van der Waals surface area contributed by atoms with Crippen LogP contribution in [0.5, 0.6) is 5.75 Å². The van der Waals surface area contributed by atoms with Gasteiger partial charge in [0.05, 0.1) is 16.1 Å². The molecule has 0 unspecified atom stereocenters. The molecule has 2 aromatic carbocycles. The van der Waals surface area contributed by atoms with Gasteiger partial charge >= 0.3 is 5.69 Å². The second kappa shape index (κ2) is 8.72. The summed E-state index contributed by atoms with van der Waals surface area (Å²) >= 11 is 5.71. The summed E-state index contributed by atoms with van der Waals surface area (Å²) in [4.78, 5) is 32.5. The van der Waals surface area contributed by atoms with Crippen LogP contribution in [-0.4, -0.2) is 28.1 Å². The third kappa shape index (κ3) is 5.22. The number of hydrazone groups is 1. The van der Waals surface area contributed by atoms with E-state index in [1.54, 1.807) is 6.07 Å². The Balaban J connectivity index is 2.01. The standard InChI is InChI=1S/C16H13ClN4O6/c1-10(27-15-5-3-2-4-13(15)20(23)24)16(22)19-18-9-11-6-7-12(17)14(8-11)21(25)26/h2-10H,1H3,(H,19,22)/b18-9-/t10-/m0/s1. The highest BCUT2D eigenvalue weighted by atomic mass is 35.5. The number of carbonyl (C=O) groups excluding carboxylic acids is 1. The molecule has 140 valence electrons. The quantitative estimate of drug-likeness (QED) is 0.436. The fraction of sp³-hybridized carbons (Fsp3) is 0.125. The first-order chi connectivity index (χ1) is 12.8. The van der Waals surface area contributed by atoms with E-state index < -0.39 is 21.9 Å². The molecule has 2 aromatic rings. The van der Waals surface area contributed by atoms with Crippen molar-refractivity contribution in [2.24, 2.45) is 5.10 Å². The number of nitrogens with one attached hydrogen (secondary N) is 1. The van der Waals surface area contributed by atoms with Gasteiger partial charge in [-0.25, -0.2) is 5.43 Å². The van der Waals surface area contributed by atoms with Crippen molar-refractivity contribution in [3.05, 3.63) is 73.3 Å². The molecular formula is C16H13ClN4O6. The van der Waals surface area contributed by atoms with Crippen molar-refractivity contribution in [1.82, 2.24) is 5.43 Å². The van der Waals surface area contributed by atoms with Crippen LogP contribution in [0, 0.1) is 20.2 Å². The summed E-state index contributed by atoms with van der Waals surface area (Å²) in [6.45, 7) is 1.40. The van der Waals surface area contributed by atoms with E-state index >= 15 is 0 Å². The molecule has 0 aliphatic heterocycles. The lowest BCUT2D eigenvalue weighted by Crippen LogP contribution is -2.33. The lowest BCUT2D eigenvalue weighted by atomic mass is 10.2. The monoisotopic (exact) mass is 392 g/mol. The van der Waals surface area contributed by atoms with Gasteiger partial charge in [-0.05, 0) is 19.1 Å². The van der Waals surface area contributed by atoms with Crippen LogP contribution in [0.15, 0.2) is 47.6 Å². The van der Waals surface area contributed by atoms with Gasteiger partial charge < -0.3 is 4.74 Å². The summed E-state index contributed by atoms with van der Waals surface area (Å²) in [5.41, 5.74) is 1.98. The summed E-state index contributed by atoms with van der Waals surface area (Å²) in [5.74, 6) is -0.713. The first-order valence-electron chi connectivity index (χ1n) is 7.46. The number of halogens is 1. The molecule has 1 amide bonds. The minimum atomic E-state index is -1.07. The molecule has 1 N–H and O–H groups in total. The van der Waals surface area contributed by atoms with E-state index in [9.17, 15) is 25.0 Å². The zero-order chi connectivity index (χ0) is 20.0. The summed E-state index contributed by atoms with van der Waals surface area (Å²) in [5, 5.41) is 25.4. The van der Waals surface area contributed by atoms with Gasteiger partial charge in [0.2, 0.25) is 0 Å². The van der Waals surface area contributed by atoms with Crippen molar-refractivity contribution >= 4 is 35.1 Å². The Kier molecular flexibility index (Phi) is 6.39. The van der Waals surface area contributed by atoms with E-state index in [1.807, 2.05) is 0 Å². The Labute approximate surface area is 157 Å². The van der Waals surface area contributed by atoms with Gasteiger partial charge in [-0.3, -0.25) is 25.0 Å². The summed E-state index contributed by atoms with van der Waals surface area (Å²) in [6.07, 6.45) is 0.127. The molecule has 0 heterocycles. The van der Waals surface area contributed by atoms with Crippen molar-refractivity contribution in [2.45, 2.75) is 13.0 Å². The molecule has 0 aliphatic carbocycles. The average Bonchev–Trinajstić information content (AvgIpc) is 2.63. The Morgan fingerprint density at radius 2 is 1.85 bits per heavy atom. The first kappa shape index (κ1) is 19.8. The highest BCUT2D eigenvalue weighted by molar-refractivity contribution is 6.32. The molecule has 0 saturated carbocycles. The molecular weight excluding hydrogens is 380 g/mol. The molecule has 11 heteroatoms. The van der Waals surface area contributed by atoms with Crippen LogP contribution >= 0.6 is 11.6 Å². The normalized spacial score (nSPS) is 11.8. The van der Waals surface area contributed by atoms with E-state index in [2.05, 4.69) is 10.5 Å². The van der Waals surface area contributed by atoms with Crippen molar-refractivity contribution in [2.75, 3.05) is 0 Å². The Hall–Kier alpha value is -3.53. The second-order valence-electron chi connectivity index (χ2n) is 5.19. The number of amides is 1. The average molecular weight is 393 g/mol. The Morgan fingerprint density at radius 1 is 1.19 bits per heavy atom. The number of nitro groups is 2. The molecule has 0 aromatic heterocycles. The zero-order valence-corrected chi connectivity index (χ0v) is 14.6. The van der Waals surface area contributed by atoms with Crippen LogP contribution in [0.25, 0.3) is 0 Å². The van der Waals surface area contributed by atoms with E-state index in [1.165, 1.54) is 49.5 Å². The molecule has 0 aliphatic rings. The predicted octanol–water partition coefficient (Wildman–Crippen LogP) is 3.07. The lowest BCUT2D eigenvalue weighted by Gasteiger charge is -2.12. The SMILES string of the molecule is C[C@H](Oc1ccccc1[N+](=O)[O-])C(=O)N/N=C\c1ccc(Cl)c([N+](=O)[O-])c1. The van der Waals surface area contributed by atoms with Crippen LogP contribution in [0.1, 0.15) is 12.5 Å². The summed E-state index contributed by atoms with van der Waals surface area (Å²) in [7, 11) is 0. The van der Waals surface area contributed by atoms with Crippen LogP contribution in [-0.2, 0) is 4.79 Å². The first-order valence-corrected chi connectivity index (χ1v) is 7.84. The van der Waals surface area contributed by atoms with Gasteiger partial charge in [-0.1, -0.05) is 29.8 Å². The number of hydrogen-bond donors (Lipinski definition) is 1. The maximum atomic E-state index is 12.0. The van der Waals surface area contributed by atoms with E-state index in [4.69, 9.17) is 16.3 Å². The molecule has 27 heavy (non-hydrogen) atoms. The number of carbonyl (C=O) groups is 1. The van der Waals surface area contributed by atoms with Gasteiger partial charge in [-0.2, -0.15) is 5.10 Å². The second-order valence-corrected chi connectivity index (χ2v) is 5.59. The maximum absolute atomic E-state index is 12.0. The lowest BCUT2D eigenvalue weighted by molar-refractivity contribution is -0.386. The summed E-state index contributed by atoms with van der Waals surface area (Å²) < 4.78 is 5.30. The smallest absolute Gasteiger partial charge is 0.310 e. The van der Waals surface area contributed by atoms with E-state index in [-0.39, 0.29) is 22.1 Å². The number of rotatable bonds is 7. The third-order valence-electron chi connectivity index (χ3n) is 3.29. The molecule has 0 bridgehead atoms. The van der Waals surface area contributed by atoms with Gasteiger partial charge in [0.15, 0.2) is 11.9 Å². The highest BCUT2D eigenvalue weighted by Crippen LogP contribution is 2.27. The topological polar surface area (TPSA) is 137 Å². The maximum Gasteiger partial charge on any atom is 0.310 e. The number of para-hydroxylation sites is 2. The van der Waals surface area contributed by atoms with E-state index in [0.717, 1.165) is 0 Å². The Morgan fingerprint density at radius 3 is 2.52 bits per heavy atom. The van der Waals surface area contributed by atoms with Gasteiger partial charge in [0, 0.05) is 17.7 Å². The minimum Gasteiger partial charge on any atom is -0.474 e. The zero-order valence-electron chi connectivity index (χ0n) is 13.9. The van der Waals surface area contributed by atoms with Crippen molar-refractivity contribution < 1.29 is 19.4 Å². The largest absolute Gasteiger partial charge is 0.474 e. The molecule has 0 radical (unpaired) electrons. The third-order valence-corrected chi connectivity index (χ3v) is 3.61. The molecule has 1 atom stereocenters. The van der Waals surface area contributed by atoms with Gasteiger partial charge in [0.25, 0.3) is 11.6 Å². The number of ether oxygens (including phenoxy) is 1. The van der Waals surface area contributed by atoms with Gasteiger partial charge in [-0.15, -0.1) is 0 Å². The Bertz CT molecular complexity index is 918. The molecule has 0 saturated heterocycles. The van der Waals surface area contributed by atoms with Crippen LogP contribution in [0.2, 0.25) is 5.02 Å². The van der Waals surface area contributed by atoms with Crippen LogP contribution in [0.4, 0.5) is 11.4 Å². The fourth-order valence-electron chi connectivity index (χ4n) is 1.96. The van der Waals surface area contributed by atoms with Crippen molar-refractivity contribution in [1.29, 1.82) is 0 Å². The number of benzene rings is 2.